The average Bonchev–Trinajstić information content (AvgIpc) is 3.25. The van der Waals surface area contributed by atoms with Crippen molar-refractivity contribution in [3.8, 4) is 11.5 Å². The summed E-state index contributed by atoms with van der Waals surface area (Å²) < 4.78 is 37.5. The van der Waals surface area contributed by atoms with Crippen LogP contribution >= 0.6 is 11.6 Å². The first-order valence-electron chi connectivity index (χ1n) is 9.19. The van der Waals surface area contributed by atoms with Crippen molar-refractivity contribution in [3.05, 3.63) is 53.1 Å². The van der Waals surface area contributed by atoms with Crippen molar-refractivity contribution < 1.29 is 22.7 Å². The Bertz CT molecular complexity index is 1040. The Morgan fingerprint density at radius 2 is 1.87 bits per heavy atom. The second-order valence-corrected chi connectivity index (χ2v) is 8.90. The molecule has 10 heteroatoms. The van der Waals surface area contributed by atoms with E-state index in [0.717, 1.165) is 0 Å². The summed E-state index contributed by atoms with van der Waals surface area (Å²) in [5, 5.41) is 4.40. The van der Waals surface area contributed by atoms with Gasteiger partial charge in [-0.2, -0.15) is 9.41 Å². The Morgan fingerprint density at radius 3 is 2.53 bits per heavy atom. The van der Waals surface area contributed by atoms with Crippen LogP contribution in [0.5, 0.6) is 11.5 Å². The Kier molecular flexibility index (Phi) is 6.96. The molecule has 0 spiro atoms. The van der Waals surface area contributed by atoms with Gasteiger partial charge in [-0.05, 0) is 60.9 Å². The number of hydrogen-bond donors (Lipinski definition) is 1. The highest BCUT2D eigenvalue weighted by Crippen LogP contribution is 2.28. The van der Waals surface area contributed by atoms with Gasteiger partial charge in [0, 0.05) is 11.6 Å². The normalized spacial score (nSPS) is 17.2. The first-order valence-corrected chi connectivity index (χ1v) is 11.0. The number of sulfonamides is 1. The maximum Gasteiger partial charge on any atom is 0.258 e. The zero-order valence-corrected chi connectivity index (χ0v) is 18.1. The molecule has 8 nitrogen and oxygen atoms in total. The van der Waals surface area contributed by atoms with Gasteiger partial charge in [0.25, 0.3) is 5.91 Å². The maximum atomic E-state index is 12.9. The molecule has 1 heterocycles. The topological polar surface area (TPSA) is 97.3 Å². The van der Waals surface area contributed by atoms with E-state index in [2.05, 4.69) is 10.5 Å². The fraction of sp³-hybridized carbons (Fsp3) is 0.300. The second kappa shape index (κ2) is 9.46. The largest absolute Gasteiger partial charge is 0.493 e. The van der Waals surface area contributed by atoms with Gasteiger partial charge in [-0.3, -0.25) is 4.79 Å². The van der Waals surface area contributed by atoms with E-state index in [1.165, 1.54) is 49.0 Å². The Hall–Kier alpha value is -2.62. The number of rotatable bonds is 7. The molecular weight excluding hydrogens is 430 g/mol. The van der Waals surface area contributed by atoms with Crippen molar-refractivity contribution in [1.29, 1.82) is 0 Å². The van der Waals surface area contributed by atoms with Crippen LogP contribution in [0.2, 0.25) is 5.02 Å². The van der Waals surface area contributed by atoms with Crippen LogP contribution < -0.4 is 14.9 Å². The molecule has 1 fully saturated rings. The third kappa shape index (κ3) is 4.75. The molecule has 0 bridgehead atoms. The lowest BCUT2D eigenvalue weighted by atomic mass is 10.2. The molecular formula is C20H22ClN3O5S. The summed E-state index contributed by atoms with van der Waals surface area (Å²) in [7, 11) is -0.749. The average molecular weight is 452 g/mol. The molecule has 1 amide bonds. The van der Waals surface area contributed by atoms with E-state index in [4.69, 9.17) is 21.1 Å². The van der Waals surface area contributed by atoms with Gasteiger partial charge < -0.3 is 9.47 Å². The summed E-state index contributed by atoms with van der Waals surface area (Å²) in [6.45, 7) is 0.266. The van der Waals surface area contributed by atoms with Crippen LogP contribution in [-0.4, -0.2) is 51.7 Å². The van der Waals surface area contributed by atoms with Crippen molar-refractivity contribution in [2.75, 3.05) is 20.8 Å². The van der Waals surface area contributed by atoms with E-state index in [1.54, 1.807) is 18.2 Å². The number of amides is 1. The van der Waals surface area contributed by atoms with E-state index < -0.39 is 22.0 Å². The highest BCUT2D eigenvalue weighted by Gasteiger charge is 2.39. The number of methoxy groups -OCH3 is 2. The van der Waals surface area contributed by atoms with Gasteiger partial charge in [-0.1, -0.05) is 11.6 Å². The molecule has 0 aliphatic carbocycles. The zero-order chi connectivity index (χ0) is 21.7. The van der Waals surface area contributed by atoms with Gasteiger partial charge in [-0.25, -0.2) is 13.8 Å². The number of nitrogens with one attached hydrogen (secondary N) is 1. The fourth-order valence-electron chi connectivity index (χ4n) is 3.21. The first-order chi connectivity index (χ1) is 14.4. The van der Waals surface area contributed by atoms with Gasteiger partial charge in [-0.15, -0.1) is 0 Å². The van der Waals surface area contributed by atoms with E-state index in [0.29, 0.717) is 34.9 Å². The fourth-order valence-corrected chi connectivity index (χ4v) is 4.99. The smallest absolute Gasteiger partial charge is 0.258 e. The Morgan fingerprint density at radius 1 is 1.17 bits per heavy atom. The lowest BCUT2D eigenvalue weighted by Crippen LogP contribution is -2.44. The number of hydrogen-bond acceptors (Lipinski definition) is 6. The molecule has 1 N–H and O–H groups in total. The van der Waals surface area contributed by atoms with E-state index >= 15 is 0 Å². The Labute approximate surface area is 180 Å². The lowest BCUT2D eigenvalue weighted by Gasteiger charge is -2.22. The summed E-state index contributed by atoms with van der Waals surface area (Å²) in [5.41, 5.74) is 3.12. The third-order valence-electron chi connectivity index (χ3n) is 4.72. The highest BCUT2D eigenvalue weighted by molar-refractivity contribution is 7.89. The monoisotopic (exact) mass is 451 g/mol. The SMILES string of the molecule is COc1ccc(/C=N\NC(=O)[C@@H]2CCCN2S(=O)(=O)c2ccc(Cl)cc2)cc1OC. The minimum atomic E-state index is -3.81. The minimum absolute atomic E-state index is 0.0976. The number of carbonyl (C=O) groups excluding carboxylic acids is 1. The number of carbonyl (C=O) groups is 1. The van der Waals surface area contributed by atoms with Gasteiger partial charge in [0.2, 0.25) is 10.0 Å². The number of ether oxygens (including phenoxy) is 2. The third-order valence-corrected chi connectivity index (χ3v) is 6.90. The van der Waals surface area contributed by atoms with Crippen LogP contribution in [0.3, 0.4) is 0 Å². The quantitative estimate of drug-likeness (QED) is 0.515. The predicted octanol–water partition coefficient (Wildman–Crippen LogP) is 2.66. The maximum absolute atomic E-state index is 12.9. The molecule has 30 heavy (non-hydrogen) atoms. The van der Waals surface area contributed by atoms with Crippen LogP contribution in [0, 0.1) is 0 Å². The van der Waals surface area contributed by atoms with Gasteiger partial charge in [0.15, 0.2) is 11.5 Å². The number of benzene rings is 2. The van der Waals surface area contributed by atoms with Crippen molar-refractivity contribution in [3.63, 3.8) is 0 Å². The second-order valence-electron chi connectivity index (χ2n) is 6.58. The Balaban J connectivity index is 1.70. The van der Waals surface area contributed by atoms with Crippen LogP contribution in [0.15, 0.2) is 52.5 Å². The number of hydrazone groups is 1. The molecule has 2 aromatic rings. The van der Waals surface area contributed by atoms with Gasteiger partial charge >= 0.3 is 0 Å². The van der Waals surface area contributed by atoms with Crippen molar-refractivity contribution in [1.82, 2.24) is 9.73 Å². The first kappa shape index (κ1) is 22.1. The van der Waals surface area contributed by atoms with Crippen LogP contribution in [0.25, 0.3) is 0 Å². The molecule has 1 atom stereocenters. The summed E-state index contributed by atoms with van der Waals surface area (Å²) in [5.74, 6) is 0.623. The minimum Gasteiger partial charge on any atom is -0.493 e. The predicted molar refractivity (Wildman–Crippen MR) is 114 cm³/mol. The molecule has 1 aliphatic heterocycles. The molecule has 0 radical (unpaired) electrons. The van der Waals surface area contributed by atoms with E-state index in [9.17, 15) is 13.2 Å². The van der Waals surface area contributed by atoms with Crippen LogP contribution in [0.1, 0.15) is 18.4 Å². The lowest BCUT2D eigenvalue weighted by molar-refractivity contribution is -0.124. The number of halogens is 1. The molecule has 2 aromatic carbocycles. The molecule has 160 valence electrons. The molecule has 0 unspecified atom stereocenters. The zero-order valence-electron chi connectivity index (χ0n) is 16.5. The molecule has 1 saturated heterocycles. The van der Waals surface area contributed by atoms with Crippen molar-refractivity contribution >= 4 is 33.7 Å². The standard InChI is InChI=1S/C20H22ClN3O5S/c1-28-18-10-5-14(12-19(18)29-2)13-22-23-20(25)17-4-3-11-24(17)30(26,27)16-8-6-15(21)7-9-16/h5-10,12-13,17H,3-4,11H2,1-2H3,(H,23,25)/b22-13-/t17-/m0/s1. The van der Waals surface area contributed by atoms with Crippen LogP contribution in [-0.2, 0) is 14.8 Å². The van der Waals surface area contributed by atoms with E-state index in [1.807, 2.05) is 0 Å². The highest BCUT2D eigenvalue weighted by atomic mass is 35.5. The van der Waals surface area contributed by atoms with Gasteiger partial charge in [0.1, 0.15) is 6.04 Å². The summed E-state index contributed by atoms with van der Waals surface area (Å²) >= 11 is 5.84. The van der Waals surface area contributed by atoms with Crippen LogP contribution in [0.4, 0.5) is 0 Å². The molecule has 0 aromatic heterocycles. The molecule has 0 saturated carbocycles. The van der Waals surface area contributed by atoms with Gasteiger partial charge in [0.05, 0.1) is 25.3 Å². The summed E-state index contributed by atoms with van der Waals surface area (Å²) in [6.07, 6.45) is 2.46. The van der Waals surface area contributed by atoms with Crippen molar-refractivity contribution in [2.45, 2.75) is 23.8 Å². The molecule has 3 rings (SSSR count). The molecule has 1 aliphatic rings. The van der Waals surface area contributed by atoms with E-state index in [-0.39, 0.29) is 11.4 Å². The number of nitrogens with zero attached hydrogens (tertiary/aromatic N) is 2. The summed E-state index contributed by atoms with van der Waals surface area (Å²) in [6, 6.07) is 10.2. The summed E-state index contributed by atoms with van der Waals surface area (Å²) in [4.78, 5) is 12.7. The van der Waals surface area contributed by atoms with Crippen molar-refractivity contribution in [2.24, 2.45) is 5.10 Å².